The van der Waals surface area contributed by atoms with Gasteiger partial charge >= 0.3 is 6.09 Å². The van der Waals surface area contributed by atoms with Gasteiger partial charge in [-0.1, -0.05) is 11.6 Å². The Morgan fingerprint density at radius 1 is 1.35 bits per heavy atom. The first-order valence-corrected chi connectivity index (χ1v) is 6.81. The van der Waals surface area contributed by atoms with Crippen LogP contribution in [-0.2, 0) is 4.74 Å². The Kier molecular flexibility index (Phi) is 6.07. The van der Waals surface area contributed by atoms with E-state index in [1.807, 2.05) is 20.8 Å². The second-order valence-corrected chi connectivity index (χ2v) is 5.75. The van der Waals surface area contributed by atoms with E-state index in [9.17, 15) is 9.18 Å². The van der Waals surface area contributed by atoms with E-state index in [2.05, 4.69) is 10.6 Å². The lowest BCUT2D eigenvalue weighted by molar-refractivity contribution is 0.0528. The van der Waals surface area contributed by atoms with Crippen molar-refractivity contribution in [1.29, 1.82) is 0 Å². The van der Waals surface area contributed by atoms with Crippen LogP contribution in [0.1, 0.15) is 27.2 Å². The molecule has 0 bridgehead atoms. The van der Waals surface area contributed by atoms with Crippen LogP contribution >= 0.6 is 11.6 Å². The molecule has 0 aliphatic carbocycles. The normalized spacial score (nSPS) is 11.1. The number of amides is 1. The van der Waals surface area contributed by atoms with Crippen LogP contribution < -0.4 is 10.6 Å². The molecule has 0 saturated carbocycles. The van der Waals surface area contributed by atoms with Gasteiger partial charge in [-0.2, -0.15) is 0 Å². The summed E-state index contributed by atoms with van der Waals surface area (Å²) in [7, 11) is 0. The van der Waals surface area contributed by atoms with E-state index >= 15 is 0 Å². The van der Waals surface area contributed by atoms with Crippen LogP contribution in [0.2, 0.25) is 5.02 Å². The SMILES string of the molecule is CC(C)(C)OC(=O)NCCCNc1ccc(F)c(Cl)c1. The molecule has 0 fully saturated rings. The zero-order valence-corrected chi connectivity index (χ0v) is 12.7. The van der Waals surface area contributed by atoms with E-state index in [-0.39, 0.29) is 5.02 Å². The molecule has 0 radical (unpaired) electrons. The minimum Gasteiger partial charge on any atom is -0.444 e. The van der Waals surface area contributed by atoms with E-state index in [0.717, 1.165) is 5.69 Å². The van der Waals surface area contributed by atoms with Gasteiger partial charge in [-0.3, -0.25) is 0 Å². The number of ether oxygens (including phenoxy) is 1. The second-order valence-electron chi connectivity index (χ2n) is 5.34. The first-order chi connectivity index (χ1) is 9.28. The van der Waals surface area contributed by atoms with Gasteiger partial charge in [-0.05, 0) is 45.4 Å². The summed E-state index contributed by atoms with van der Waals surface area (Å²) >= 11 is 5.67. The average molecular weight is 303 g/mol. The van der Waals surface area contributed by atoms with Crippen LogP contribution in [0.3, 0.4) is 0 Å². The average Bonchev–Trinajstić information content (AvgIpc) is 2.31. The van der Waals surface area contributed by atoms with Crippen molar-refractivity contribution < 1.29 is 13.9 Å². The highest BCUT2D eigenvalue weighted by atomic mass is 35.5. The van der Waals surface area contributed by atoms with Crippen LogP contribution in [0.5, 0.6) is 0 Å². The minimum absolute atomic E-state index is 0.0851. The number of carbonyl (C=O) groups excluding carboxylic acids is 1. The van der Waals surface area contributed by atoms with Crippen LogP contribution in [0.4, 0.5) is 14.9 Å². The number of rotatable bonds is 5. The quantitative estimate of drug-likeness (QED) is 0.813. The summed E-state index contributed by atoms with van der Waals surface area (Å²) in [6.45, 7) is 6.57. The molecule has 1 aromatic carbocycles. The lowest BCUT2D eigenvalue weighted by Gasteiger charge is -2.19. The highest BCUT2D eigenvalue weighted by Crippen LogP contribution is 2.19. The van der Waals surface area contributed by atoms with Crippen molar-refractivity contribution in [3.8, 4) is 0 Å². The van der Waals surface area contributed by atoms with Crippen molar-refractivity contribution in [3.63, 3.8) is 0 Å². The molecule has 20 heavy (non-hydrogen) atoms. The van der Waals surface area contributed by atoms with Crippen molar-refractivity contribution in [3.05, 3.63) is 29.0 Å². The summed E-state index contributed by atoms with van der Waals surface area (Å²) in [5, 5.41) is 5.84. The predicted octanol–water partition coefficient (Wildman–Crippen LogP) is 3.81. The fourth-order valence-corrected chi connectivity index (χ4v) is 1.61. The molecular weight excluding hydrogens is 283 g/mol. The van der Waals surface area contributed by atoms with Gasteiger partial charge in [-0.25, -0.2) is 9.18 Å². The Bertz CT molecular complexity index is 461. The Labute approximate surface area is 123 Å². The minimum atomic E-state index is -0.493. The Hall–Kier alpha value is -1.49. The number of hydrogen-bond acceptors (Lipinski definition) is 3. The van der Waals surface area contributed by atoms with Gasteiger partial charge in [0, 0.05) is 18.8 Å². The van der Waals surface area contributed by atoms with E-state index < -0.39 is 17.5 Å². The van der Waals surface area contributed by atoms with Crippen LogP contribution in [0, 0.1) is 5.82 Å². The van der Waals surface area contributed by atoms with Gasteiger partial charge in [0.25, 0.3) is 0 Å². The van der Waals surface area contributed by atoms with E-state index in [1.165, 1.54) is 12.1 Å². The molecule has 1 rings (SSSR count). The highest BCUT2D eigenvalue weighted by Gasteiger charge is 2.15. The first kappa shape index (κ1) is 16.6. The molecule has 6 heteroatoms. The molecule has 4 nitrogen and oxygen atoms in total. The molecule has 0 heterocycles. The maximum atomic E-state index is 12.9. The molecule has 1 amide bonds. The van der Waals surface area contributed by atoms with Gasteiger partial charge < -0.3 is 15.4 Å². The molecule has 0 atom stereocenters. The zero-order chi connectivity index (χ0) is 15.2. The molecular formula is C14H20ClFN2O2. The Morgan fingerprint density at radius 3 is 2.65 bits per heavy atom. The Morgan fingerprint density at radius 2 is 2.05 bits per heavy atom. The van der Waals surface area contributed by atoms with Crippen LogP contribution in [0.25, 0.3) is 0 Å². The number of alkyl carbamates (subject to hydrolysis) is 1. The monoisotopic (exact) mass is 302 g/mol. The molecule has 2 N–H and O–H groups in total. The van der Waals surface area contributed by atoms with Gasteiger partial charge in [0.05, 0.1) is 5.02 Å². The molecule has 0 aliphatic rings. The maximum absolute atomic E-state index is 12.9. The van der Waals surface area contributed by atoms with Crippen molar-refractivity contribution >= 4 is 23.4 Å². The zero-order valence-electron chi connectivity index (χ0n) is 11.9. The van der Waals surface area contributed by atoms with Gasteiger partial charge in [0.2, 0.25) is 0 Å². The second kappa shape index (κ2) is 7.33. The third-order valence-electron chi connectivity index (χ3n) is 2.27. The lowest BCUT2D eigenvalue weighted by atomic mass is 10.2. The summed E-state index contributed by atoms with van der Waals surface area (Å²) in [4.78, 5) is 11.4. The summed E-state index contributed by atoms with van der Waals surface area (Å²) < 4.78 is 18.0. The van der Waals surface area contributed by atoms with Crippen LogP contribution in [-0.4, -0.2) is 24.8 Å². The van der Waals surface area contributed by atoms with Gasteiger partial charge in [-0.15, -0.1) is 0 Å². The van der Waals surface area contributed by atoms with E-state index in [4.69, 9.17) is 16.3 Å². The molecule has 0 spiro atoms. The maximum Gasteiger partial charge on any atom is 0.407 e. The number of nitrogens with one attached hydrogen (secondary N) is 2. The molecule has 0 aliphatic heterocycles. The van der Waals surface area contributed by atoms with Crippen molar-refractivity contribution in [1.82, 2.24) is 5.32 Å². The fourth-order valence-electron chi connectivity index (χ4n) is 1.43. The van der Waals surface area contributed by atoms with E-state index in [1.54, 1.807) is 6.07 Å². The van der Waals surface area contributed by atoms with Crippen LogP contribution in [0.15, 0.2) is 18.2 Å². The van der Waals surface area contributed by atoms with Gasteiger partial charge in [0.15, 0.2) is 0 Å². The summed E-state index contributed by atoms with van der Waals surface area (Å²) in [6, 6.07) is 4.45. The van der Waals surface area contributed by atoms with E-state index in [0.29, 0.717) is 19.5 Å². The smallest absolute Gasteiger partial charge is 0.407 e. The third-order valence-corrected chi connectivity index (χ3v) is 2.56. The lowest BCUT2D eigenvalue weighted by Crippen LogP contribution is -2.33. The number of benzene rings is 1. The molecule has 1 aromatic rings. The number of carbonyl (C=O) groups is 1. The summed E-state index contributed by atoms with van der Waals surface area (Å²) in [6.07, 6.45) is 0.288. The first-order valence-electron chi connectivity index (χ1n) is 6.44. The molecule has 0 saturated heterocycles. The van der Waals surface area contributed by atoms with Crippen molar-refractivity contribution in [2.75, 3.05) is 18.4 Å². The van der Waals surface area contributed by atoms with Crippen molar-refractivity contribution in [2.45, 2.75) is 32.8 Å². The largest absolute Gasteiger partial charge is 0.444 e. The number of halogens is 2. The molecule has 0 aromatic heterocycles. The highest BCUT2D eigenvalue weighted by molar-refractivity contribution is 6.31. The number of anilines is 1. The van der Waals surface area contributed by atoms with Gasteiger partial charge in [0.1, 0.15) is 11.4 Å². The van der Waals surface area contributed by atoms with Crippen molar-refractivity contribution in [2.24, 2.45) is 0 Å². The molecule has 0 unspecified atom stereocenters. The number of hydrogen-bond donors (Lipinski definition) is 2. The summed E-state index contributed by atoms with van der Waals surface area (Å²) in [5.41, 5.74) is 0.251. The topological polar surface area (TPSA) is 50.4 Å². The molecule has 112 valence electrons. The third kappa shape index (κ3) is 6.61. The predicted molar refractivity (Wildman–Crippen MR) is 78.8 cm³/mol. The summed E-state index contributed by atoms with van der Waals surface area (Å²) in [5.74, 6) is -0.441. The Balaban J connectivity index is 2.19. The standard InChI is InChI=1S/C14H20ClFN2O2/c1-14(2,3)20-13(19)18-8-4-7-17-10-5-6-12(16)11(15)9-10/h5-6,9,17H,4,7-8H2,1-3H3,(H,18,19). The fraction of sp³-hybridized carbons (Fsp3) is 0.500.